The first-order chi connectivity index (χ1) is 23.2. The number of carbonyl (C=O) groups excluding carboxylic acids is 1. The van der Waals surface area contributed by atoms with Crippen LogP contribution in [0.1, 0.15) is 35.1 Å². The summed E-state index contributed by atoms with van der Waals surface area (Å²) in [6.45, 7) is 0. The van der Waals surface area contributed by atoms with Gasteiger partial charge < -0.3 is 29.9 Å². The molecule has 7 heteroatoms. The lowest BCUT2D eigenvalue weighted by Crippen LogP contribution is -2.29. The molecular formula is C41H38O7. The average Bonchev–Trinajstić information content (AvgIpc) is 3.10. The fourth-order valence-corrected chi connectivity index (χ4v) is 6.84. The van der Waals surface area contributed by atoms with E-state index in [1.165, 1.54) is 0 Å². The second kappa shape index (κ2) is 13.4. The number of carbonyl (C=O) groups is 1. The topological polar surface area (TPSA) is 116 Å². The van der Waals surface area contributed by atoms with E-state index in [0.717, 1.165) is 0 Å². The Balaban J connectivity index is 1.35. The molecule has 0 aliphatic heterocycles. The zero-order valence-corrected chi connectivity index (χ0v) is 26.8. The standard InChI is InChI=1S/C41H38O7/c1-47-40(34-13-5-9-17-38(34)45)21-19-27(32(25-40)30-11-3-7-15-36(30)43)23-29(42)24-28-20-22-41(48-2,35-14-6-10-18-39(35)46)26-33(28)31-12-4-8-16-37(31)44/h3-22,25-28,43-46H,23-24H2,1-2H3. The zero-order chi connectivity index (χ0) is 33.9. The third-order valence-electron chi connectivity index (χ3n) is 9.34. The van der Waals surface area contributed by atoms with Crippen LogP contribution in [0.15, 0.2) is 134 Å². The number of hydrogen-bond acceptors (Lipinski definition) is 7. The summed E-state index contributed by atoms with van der Waals surface area (Å²) in [5, 5.41) is 43.3. The molecule has 4 unspecified atom stereocenters. The van der Waals surface area contributed by atoms with Crippen molar-refractivity contribution in [1.29, 1.82) is 0 Å². The quantitative estimate of drug-likeness (QED) is 0.131. The summed E-state index contributed by atoms with van der Waals surface area (Å²) in [5.74, 6) is -0.571. The number of para-hydroxylation sites is 4. The van der Waals surface area contributed by atoms with Gasteiger partial charge in [0.25, 0.3) is 0 Å². The maximum atomic E-state index is 14.0. The molecule has 0 saturated carbocycles. The maximum Gasteiger partial charge on any atom is 0.134 e. The number of phenols is 4. The summed E-state index contributed by atoms with van der Waals surface area (Å²) in [5.41, 5.74) is 1.36. The fraction of sp³-hybridized carbons (Fsp3) is 0.195. The lowest BCUT2D eigenvalue weighted by Gasteiger charge is -2.35. The highest BCUT2D eigenvalue weighted by molar-refractivity contribution is 5.88. The molecule has 7 nitrogen and oxygen atoms in total. The highest BCUT2D eigenvalue weighted by Gasteiger charge is 2.38. The van der Waals surface area contributed by atoms with E-state index in [0.29, 0.717) is 33.4 Å². The van der Waals surface area contributed by atoms with Gasteiger partial charge in [-0.05, 0) is 59.7 Å². The third kappa shape index (κ3) is 6.06. The molecule has 2 aliphatic carbocycles. The molecule has 244 valence electrons. The minimum atomic E-state index is -1.12. The number of allylic oxidation sites excluding steroid dienone is 4. The second-order valence-corrected chi connectivity index (χ2v) is 12.1. The molecule has 0 spiro atoms. The Morgan fingerprint density at radius 2 is 0.917 bits per heavy atom. The molecule has 4 aromatic rings. The lowest BCUT2D eigenvalue weighted by atomic mass is 9.74. The summed E-state index contributed by atoms with van der Waals surface area (Å²) < 4.78 is 12.0. The van der Waals surface area contributed by atoms with Gasteiger partial charge in [-0.25, -0.2) is 0 Å². The van der Waals surface area contributed by atoms with Crippen molar-refractivity contribution in [2.24, 2.45) is 11.8 Å². The minimum Gasteiger partial charge on any atom is -0.508 e. The number of ether oxygens (including phenoxy) is 2. The van der Waals surface area contributed by atoms with Gasteiger partial charge in [0.2, 0.25) is 0 Å². The average molecular weight is 643 g/mol. The third-order valence-corrected chi connectivity index (χ3v) is 9.34. The van der Waals surface area contributed by atoms with E-state index in [2.05, 4.69) is 0 Å². The summed E-state index contributed by atoms with van der Waals surface area (Å²) in [7, 11) is 3.11. The molecule has 6 rings (SSSR count). The zero-order valence-electron chi connectivity index (χ0n) is 26.8. The predicted octanol–water partition coefficient (Wildman–Crippen LogP) is 7.78. The van der Waals surface area contributed by atoms with Crippen molar-refractivity contribution in [2.45, 2.75) is 24.0 Å². The monoisotopic (exact) mass is 642 g/mol. The molecular weight excluding hydrogens is 604 g/mol. The van der Waals surface area contributed by atoms with E-state index in [1.807, 2.05) is 60.7 Å². The van der Waals surface area contributed by atoms with Crippen LogP contribution in [0.2, 0.25) is 0 Å². The fourth-order valence-electron chi connectivity index (χ4n) is 6.84. The van der Waals surface area contributed by atoms with Crippen LogP contribution in [0.3, 0.4) is 0 Å². The number of Topliss-reactive ketones (excluding diaryl/α,β-unsaturated/α-hetero) is 1. The first-order valence-corrected chi connectivity index (χ1v) is 15.8. The van der Waals surface area contributed by atoms with E-state index in [9.17, 15) is 25.2 Å². The van der Waals surface area contributed by atoms with Crippen LogP contribution in [0.4, 0.5) is 0 Å². The molecule has 0 bridgehead atoms. The lowest BCUT2D eigenvalue weighted by molar-refractivity contribution is -0.119. The van der Waals surface area contributed by atoms with Gasteiger partial charge in [0.05, 0.1) is 0 Å². The first-order valence-electron chi connectivity index (χ1n) is 15.8. The SMILES string of the molecule is COC1(c2ccccc2O)C=CC(CC(=O)CC2C=CC(OC)(c3ccccc3O)C=C2c2ccccc2O)C(c2ccccc2O)=C1. The summed E-state index contributed by atoms with van der Waals surface area (Å²) in [6, 6.07) is 27.8. The molecule has 4 aromatic carbocycles. The number of rotatable bonds is 10. The van der Waals surface area contributed by atoms with Gasteiger partial charge in [0, 0.05) is 61.2 Å². The summed E-state index contributed by atoms with van der Waals surface area (Å²) in [6.07, 6.45) is 11.5. The highest BCUT2D eigenvalue weighted by Crippen LogP contribution is 2.47. The van der Waals surface area contributed by atoms with Gasteiger partial charge in [-0.3, -0.25) is 4.79 Å². The van der Waals surface area contributed by atoms with Gasteiger partial charge >= 0.3 is 0 Å². The van der Waals surface area contributed by atoms with Crippen LogP contribution in [-0.2, 0) is 25.5 Å². The second-order valence-electron chi connectivity index (χ2n) is 12.1. The van der Waals surface area contributed by atoms with E-state index in [4.69, 9.17) is 9.47 Å². The minimum absolute atomic E-state index is 0.0399. The van der Waals surface area contributed by atoms with Crippen molar-refractivity contribution < 1.29 is 34.7 Å². The Hall–Kier alpha value is -5.37. The van der Waals surface area contributed by atoms with Gasteiger partial charge in [-0.15, -0.1) is 0 Å². The Labute approximate surface area is 280 Å². The molecule has 4 N–H and O–H groups in total. The molecule has 0 heterocycles. The maximum absolute atomic E-state index is 14.0. The predicted molar refractivity (Wildman–Crippen MR) is 185 cm³/mol. The van der Waals surface area contributed by atoms with Crippen molar-refractivity contribution in [1.82, 2.24) is 0 Å². The van der Waals surface area contributed by atoms with Crippen LogP contribution >= 0.6 is 0 Å². The van der Waals surface area contributed by atoms with Crippen molar-refractivity contribution in [2.75, 3.05) is 14.2 Å². The van der Waals surface area contributed by atoms with E-state index < -0.39 is 23.0 Å². The van der Waals surface area contributed by atoms with Crippen molar-refractivity contribution in [3.05, 3.63) is 156 Å². The molecule has 0 radical (unpaired) electrons. The first kappa shape index (κ1) is 32.6. The van der Waals surface area contributed by atoms with Gasteiger partial charge in [0.15, 0.2) is 0 Å². The van der Waals surface area contributed by atoms with Gasteiger partial charge in [-0.2, -0.15) is 0 Å². The number of benzene rings is 4. The number of methoxy groups -OCH3 is 2. The molecule has 0 saturated heterocycles. The Morgan fingerprint density at radius 1 is 0.562 bits per heavy atom. The van der Waals surface area contributed by atoms with E-state index in [-0.39, 0.29) is 41.6 Å². The van der Waals surface area contributed by atoms with Crippen LogP contribution in [0, 0.1) is 11.8 Å². The van der Waals surface area contributed by atoms with Crippen LogP contribution in [0.25, 0.3) is 11.1 Å². The van der Waals surface area contributed by atoms with Crippen LogP contribution < -0.4 is 0 Å². The van der Waals surface area contributed by atoms with E-state index >= 15 is 0 Å². The Morgan fingerprint density at radius 3 is 1.27 bits per heavy atom. The molecule has 0 aromatic heterocycles. The molecule has 0 fully saturated rings. The van der Waals surface area contributed by atoms with Crippen molar-refractivity contribution in [3.8, 4) is 23.0 Å². The van der Waals surface area contributed by atoms with Crippen LogP contribution in [0.5, 0.6) is 23.0 Å². The van der Waals surface area contributed by atoms with Crippen LogP contribution in [-0.4, -0.2) is 40.4 Å². The Kier molecular flexibility index (Phi) is 9.09. The smallest absolute Gasteiger partial charge is 0.134 e. The van der Waals surface area contributed by atoms with Gasteiger partial charge in [0.1, 0.15) is 40.0 Å². The highest BCUT2D eigenvalue weighted by atomic mass is 16.5. The van der Waals surface area contributed by atoms with Crippen molar-refractivity contribution in [3.63, 3.8) is 0 Å². The molecule has 48 heavy (non-hydrogen) atoms. The number of aromatic hydroxyl groups is 4. The van der Waals surface area contributed by atoms with Crippen molar-refractivity contribution >= 4 is 16.9 Å². The number of ketones is 1. The summed E-state index contributed by atoms with van der Waals surface area (Å²) in [4.78, 5) is 14.0. The van der Waals surface area contributed by atoms with E-state index in [1.54, 1.807) is 87.0 Å². The van der Waals surface area contributed by atoms with Gasteiger partial charge in [-0.1, -0.05) is 84.9 Å². The largest absolute Gasteiger partial charge is 0.508 e. The molecule has 4 atom stereocenters. The Bertz CT molecular complexity index is 1810. The molecule has 2 aliphatic rings. The number of phenolic OH excluding ortho intramolecular Hbond substituents is 4. The normalized spacial score (nSPS) is 23.4. The molecule has 0 amide bonds. The number of hydrogen-bond donors (Lipinski definition) is 4. The summed E-state index contributed by atoms with van der Waals surface area (Å²) >= 11 is 0.